The minimum atomic E-state index is 0.382. The van der Waals surface area contributed by atoms with E-state index >= 15 is 0 Å². The first kappa shape index (κ1) is 15.6. The van der Waals surface area contributed by atoms with E-state index in [2.05, 4.69) is 35.9 Å². The maximum absolute atomic E-state index is 6.02. The molecule has 0 aliphatic rings. The van der Waals surface area contributed by atoms with Gasteiger partial charge in [-0.3, -0.25) is 4.90 Å². The lowest BCUT2D eigenvalue weighted by Gasteiger charge is -2.18. The maximum atomic E-state index is 6.02. The van der Waals surface area contributed by atoms with Gasteiger partial charge in [-0.05, 0) is 36.4 Å². The van der Waals surface area contributed by atoms with E-state index in [0.29, 0.717) is 6.54 Å². The molecule has 21 heavy (non-hydrogen) atoms. The van der Waals surface area contributed by atoms with Crippen molar-refractivity contribution in [1.29, 1.82) is 0 Å². The van der Waals surface area contributed by atoms with Gasteiger partial charge in [0.25, 0.3) is 0 Å². The van der Waals surface area contributed by atoms with E-state index in [1.807, 2.05) is 36.4 Å². The molecule has 0 aliphatic heterocycles. The van der Waals surface area contributed by atoms with Crippen molar-refractivity contribution in [2.75, 3.05) is 13.6 Å². The lowest BCUT2D eigenvalue weighted by atomic mass is 10.1. The molecule has 2 aromatic rings. The number of nitrogens with two attached hydrogens (primary N) is 1. The van der Waals surface area contributed by atoms with Crippen molar-refractivity contribution >= 4 is 11.6 Å². The number of rotatable bonds is 4. The van der Waals surface area contributed by atoms with Crippen LogP contribution in [-0.4, -0.2) is 18.5 Å². The van der Waals surface area contributed by atoms with Crippen LogP contribution in [0.3, 0.4) is 0 Å². The van der Waals surface area contributed by atoms with Gasteiger partial charge in [0.15, 0.2) is 0 Å². The molecule has 0 bridgehead atoms. The summed E-state index contributed by atoms with van der Waals surface area (Å²) in [5.41, 5.74) is 8.91. The minimum Gasteiger partial charge on any atom is -0.320 e. The van der Waals surface area contributed by atoms with Crippen LogP contribution < -0.4 is 5.73 Å². The van der Waals surface area contributed by atoms with Gasteiger partial charge in [-0.2, -0.15) is 0 Å². The van der Waals surface area contributed by atoms with Crippen molar-refractivity contribution in [1.82, 2.24) is 4.90 Å². The Morgan fingerprint density at radius 2 is 1.90 bits per heavy atom. The van der Waals surface area contributed by atoms with Crippen LogP contribution in [0.5, 0.6) is 0 Å². The molecule has 0 aliphatic carbocycles. The third-order valence-electron chi connectivity index (χ3n) is 3.12. The highest BCUT2D eigenvalue weighted by Gasteiger charge is 2.05. The summed E-state index contributed by atoms with van der Waals surface area (Å²) >= 11 is 6.02. The fourth-order valence-electron chi connectivity index (χ4n) is 2.22. The number of hydrogen-bond acceptors (Lipinski definition) is 2. The Bertz CT molecular complexity index is 656. The largest absolute Gasteiger partial charge is 0.320 e. The average molecular weight is 299 g/mol. The predicted octanol–water partition coefficient (Wildman–Crippen LogP) is 3.28. The van der Waals surface area contributed by atoms with E-state index in [0.717, 1.165) is 23.7 Å². The van der Waals surface area contributed by atoms with Gasteiger partial charge in [-0.1, -0.05) is 53.8 Å². The van der Waals surface area contributed by atoms with E-state index in [1.54, 1.807) is 0 Å². The van der Waals surface area contributed by atoms with Crippen molar-refractivity contribution in [3.63, 3.8) is 0 Å². The molecule has 0 fully saturated rings. The third-order valence-corrected chi connectivity index (χ3v) is 3.36. The van der Waals surface area contributed by atoms with Gasteiger partial charge in [-0.15, -0.1) is 0 Å². The maximum Gasteiger partial charge on any atom is 0.0555 e. The van der Waals surface area contributed by atoms with Gasteiger partial charge in [0.05, 0.1) is 6.54 Å². The second-order valence-electron chi connectivity index (χ2n) is 4.97. The fraction of sp³-hybridized carbons (Fsp3) is 0.222. The van der Waals surface area contributed by atoms with Crippen molar-refractivity contribution in [3.05, 3.63) is 70.2 Å². The molecule has 2 rings (SSSR count). The van der Waals surface area contributed by atoms with Gasteiger partial charge in [0.1, 0.15) is 0 Å². The van der Waals surface area contributed by atoms with Crippen LogP contribution in [0.15, 0.2) is 48.5 Å². The lowest BCUT2D eigenvalue weighted by molar-refractivity contribution is 0.319. The highest BCUT2D eigenvalue weighted by molar-refractivity contribution is 6.30. The van der Waals surface area contributed by atoms with Gasteiger partial charge >= 0.3 is 0 Å². The summed E-state index contributed by atoms with van der Waals surface area (Å²) < 4.78 is 0. The molecule has 2 nitrogen and oxygen atoms in total. The lowest BCUT2D eigenvalue weighted by Crippen LogP contribution is -2.17. The first-order chi connectivity index (χ1) is 10.2. The van der Waals surface area contributed by atoms with E-state index in [1.165, 1.54) is 11.1 Å². The second kappa shape index (κ2) is 7.85. The molecular formula is C18H19ClN2. The highest BCUT2D eigenvalue weighted by Crippen LogP contribution is 2.15. The predicted molar refractivity (Wildman–Crippen MR) is 89.0 cm³/mol. The summed E-state index contributed by atoms with van der Waals surface area (Å²) in [5, 5.41) is 0.773. The molecular weight excluding hydrogens is 280 g/mol. The molecule has 0 spiro atoms. The number of nitrogens with zero attached hydrogens (tertiary/aromatic N) is 1. The van der Waals surface area contributed by atoms with Crippen molar-refractivity contribution in [2.24, 2.45) is 5.73 Å². The summed E-state index contributed by atoms with van der Waals surface area (Å²) in [4.78, 5) is 2.24. The molecule has 108 valence electrons. The summed E-state index contributed by atoms with van der Waals surface area (Å²) in [6, 6.07) is 16.1. The molecule has 0 saturated carbocycles. The Kier molecular flexibility index (Phi) is 5.83. The standard InChI is InChI=1S/C18H19ClN2/c1-21(13-15-6-4-10-18(19)12-15)14-17-8-3-2-7-16(17)9-5-11-20/h2-4,6-8,10,12H,11,13-14,20H2,1H3. The van der Waals surface area contributed by atoms with E-state index in [-0.39, 0.29) is 0 Å². The van der Waals surface area contributed by atoms with Crippen molar-refractivity contribution in [3.8, 4) is 11.8 Å². The van der Waals surface area contributed by atoms with Crippen LogP contribution in [0, 0.1) is 11.8 Å². The summed E-state index contributed by atoms with van der Waals surface area (Å²) in [6.07, 6.45) is 0. The molecule has 0 aromatic heterocycles. The van der Waals surface area contributed by atoms with Crippen LogP contribution in [0.1, 0.15) is 16.7 Å². The SMILES string of the molecule is CN(Cc1cccc(Cl)c1)Cc1ccccc1C#CCN. The molecule has 2 aromatic carbocycles. The zero-order valence-corrected chi connectivity index (χ0v) is 12.9. The Morgan fingerprint density at radius 3 is 2.67 bits per heavy atom. The fourth-order valence-corrected chi connectivity index (χ4v) is 2.43. The second-order valence-corrected chi connectivity index (χ2v) is 5.40. The monoisotopic (exact) mass is 298 g/mol. The smallest absolute Gasteiger partial charge is 0.0555 e. The molecule has 0 atom stereocenters. The van der Waals surface area contributed by atoms with E-state index in [9.17, 15) is 0 Å². The molecule has 0 radical (unpaired) electrons. The Morgan fingerprint density at radius 1 is 1.10 bits per heavy atom. The molecule has 3 heteroatoms. The first-order valence-corrected chi connectivity index (χ1v) is 7.26. The van der Waals surface area contributed by atoms with E-state index < -0.39 is 0 Å². The average Bonchev–Trinajstić information content (AvgIpc) is 2.46. The zero-order chi connectivity index (χ0) is 15.1. The third kappa shape index (κ3) is 4.91. The van der Waals surface area contributed by atoms with Crippen LogP contribution in [0.2, 0.25) is 5.02 Å². The topological polar surface area (TPSA) is 29.3 Å². The van der Waals surface area contributed by atoms with Gasteiger partial charge in [-0.25, -0.2) is 0 Å². The zero-order valence-electron chi connectivity index (χ0n) is 12.1. The van der Waals surface area contributed by atoms with Crippen LogP contribution in [0.4, 0.5) is 0 Å². The van der Waals surface area contributed by atoms with Crippen molar-refractivity contribution < 1.29 is 0 Å². The quantitative estimate of drug-likeness (QED) is 0.878. The minimum absolute atomic E-state index is 0.382. The Hall–Kier alpha value is -1.79. The molecule has 0 amide bonds. The summed E-state index contributed by atoms with van der Waals surface area (Å²) in [7, 11) is 2.09. The molecule has 0 saturated heterocycles. The number of halogens is 1. The first-order valence-electron chi connectivity index (χ1n) is 6.89. The highest BCUT2D eigenvalue weighted by atomic mass is 35.5. The van der Waals surface area contributed by atoms with Gasteiger partial charge in [0, 0.05) is 23.7 Å². The Labute approximate surface area is 131 Å². The molecule has 0 unspecified atom stereocenters. The van der Waals surface area contributed by atoms with Gasteiger partial charge < -0.3 is 5.73 Å². The van der Waals surface area contributed by atoms with E-state index in [4.69, 9.17) is 17.3 Å². The summed E-state index contributed by atoms with van der Waals surface area (Å²) in [5.74, 6) is 6.05. The normalized spacial score (nSPS) is 10.3. The van der Waals surface area contributed by atoms with Gasteiger partial charge in [0.2, 0.25) is 0 Å². The Balaban J connectivity index is 2.07. The number of benzene rings is 2. The number of hydrogen-bond donors (Lipinski definition) is 1. The van der Waals surface area contributed by atoms with Crippen molar-refractivity contribution in [2.45, 2.75) is 13.1 Å². The van der Waals surface area contributed by atoms with Crippen LogP contribution in [-0.2, 0) is 13.1 Å². The van der Waals surface area contributed by atoms with Crippen LogP contribution >= 0.6 is 11.6 Å². The molecule has 2 N–H and O–H groups in total. The summed E-state index contributed by atoms with van der Waals surface area (Å²) in [6.45, 7) is 2.06. The molecule has 0 heterocycles. The van der Waals surface area contributed by atoms with Crippen LogP contribution in [0.25, 0.3) is 0 Å².